The molecule has 0 spiro atoms. The summed E-state index contributed by atoms with van der Waals surface area (Å²) in [5.74, 6) is -3.41. The Labute approximate surface area is 152 Å². The summed E-state index contributed by atoms with van der Waals surface area (Å²) in [6.45, 7) is 3.27. The molecule has 0 radical (unpaired) electrons. The number of benzene rings is 1. The molecule has 0 aromatic heterocycles. The fourth-order valence-corrected chi connectivity index (χ4v) is 5.91. The summed E-state index contributed by atoms with van der Waals surface area (Å²) >= 11 is 0. The third-order valence-electron chi connectivity index (χ3n) is 4.71. The summed E-state index contributed by atoms with van der Waals surface area (Å²) in [4.78, 5) is 23.7. The smallest absolute Gasteiger partial charge is 0.335 e. The first kappa shape index (κ1) is 20.4. The average Bonchev–Trinajstić information content (AvgIpc) is 2.56. The van der Waals surface area contributed by atoms with Crippen LogP contribution in [0.25, 0.3) is 0 Å². The van der Waals surface area contributed by atoms with E-state index >= 15 is 0 Å². The van der Waals surface area contributed by atoms with Gasteiger partial charge >= 0.3 is 5.97 Å². The second kappa shape index (κ2) is 8.16. The van der Waals surface area contributed by atoms with Gasteiger partial charge in [0.1, 0.15) is 11.1 Å². The van der Waals surface area contributed by atoms with E-state index < -0.39 is 43.9 Å². The molecule has 1 atom stereocenters. The van der Waals surface area contributed by atoms with E-state index in [0.717, 1.165) is 37.5 Å². The molecule has 1 fully saturated rings. The van der Waals surface area contributed by atoms with E-state index in [1.54, 1.807) is 13.8 Å². The number of rotatable bonds is 6. The SMILES string of the molecule is CC(C)C(C(=O)Nc1cc(C(=O)O)ccc1F)S(=O)(=O)C1CCCCC1. The van der Waals surface area contributed by atoms with Crippen molar-refractivity contribution in [2.24, 2.45) is 5.92 Å². The first-order valence-electron chi connectivity index (χ1n) is 8.71. The average molecular weight is 385 g/mol. The van der Waals surface area contributed by atoms with Crippen molar-refractivity contribution in [1.29, 1.82) is 0 Å². The zero-order valence-electron chi connectivity index (χ0n) is 14.9. The van der Waals surface area contributed by atoms with Crippen LogP contribution >= 0.6 is 0 Å². The van der Waals surface area contributed by atoms with Gasteiger partial charge in [-0.1, -0.05) is 33.1 Å². The highest BCUT2D eigenvalue weighted by Crippen LogP contribution is 2.30. The Morgan fingerprint density at radius 2 is 1.81 bits per heavy atom. The fourth-order valence-electron chi connectivity index (χ4n) is 3.39. The second-order valence-electron chi connectivity index (χ2n) is 7.00. The molecule has 2 N–H and O–H groups in total. The lowest BCUT2D eigenvalue weighted by atomic mass is 10.0. The maximum atomic E-state index is 14.0. The van der Waals surface area contributed by atoms with E-state index in [1.165, 1.54) is 0 Å². The molecule has 6 nitrogen and oxygen atoms in total. The minimum Gasteiger partial charge on any atom is -0.478 e. The minimum atomic E-state index is -3.73. The van der Waals surface area contributed by atoms with Crippen LogP contribution in [0.2, 0.25) is 0 Å². The van der Waals surface area contributed by atoms with Crippen LogP contribution in [0.3, 0.4) is 0 Å². The number of hydrogen-bond acceptors (Lipinski definition) is 4. The zero-order chi connectivity index (χ0) is 19.5. The second-order valence-corrected chi connectivity index (χ2v) is 9.36. The van der Waals surface area contributed by atoms with Crippen molar-refractivity contribution in [2.45, 2.75) is 56.5 Å². The lowest BCUT2D eigenvalue weighted by molar-refractivity contribution is -0.116. The molecule has 8 heteroatoms. The zero-order valence-corrected chi connectivity index (χ0v) is 15.7. The highest BCUT2D eigenvalue weighted by Gasteiger charge is 2.41. The number of sulfone groups is 1. The molecule has 1 amide bonds. The molecule has 2 rings (SSSR count). The predicted molar refractivity (Wildman–Crippen MR) is 96.4 cm³/mol. The van der Waals surface area contributed by atoms with Gasteiger partial charge in [0.25, 0.3) is 0 Å². The van der Waals surface area contributed by atoms with Gasteiger partial charge in [-0.25, -0.2) is 17.6 Å². The third-order valence-corrected chi connectivity index (χ3v) is 7.57. The molecular formula is C18H24FNO5S. The number of carbonyl (C=O) groups is 2. The molecule has 0 saturated heterocycles. The fraction of sp³-hybridized carbons (Fsp3) is 0.556. The standard InChI is InChI=1S/C18H24FNO5S/c1-11(2)16(26(24,25)13-6-4-3-5-7-13)17(21)20-15-10-12(18(22)23)8-9-14(15)19/h8-11,13,16H,3-7H2,1-2H3,(H,20,21)(H,22,23). The molecule has 1 aliphatic rings. The minimum absolute atomic E-state index is 0.196. The summed E-state index contributed by atoms with van der Waals surface area (Å²) in [6, 6.07) is 2.99. The number of aromatic carboxylic acids is 1. The van der Waals surface area contributed by atoms with Crippen molar-refractivity contribution >= 4 is 27.4 Å². The van der Waals surface area contributed by atoms with Crippen molar-refractivity contribution in [3.05, 3.63) is 29.6 Å². The maximum absolute atomic E-state index is 14.0. The van der Waals surface area contributed by atoms with Crippen LogP contribution in [0, 0.1) is 11.7 Å². The van der Waals surface area contributed by atoms with Crippen LogP contribution in [0.15, 0.2) is 18.2 Å². The molecular weight excluding hydrogens is 361 g/mol. The van der Waals surface area contributed by atoms with Gasteiger partial charge in [-0.2, -0.15) is 0 Å². The number of halogens is 1. The Balaban J connectivity index is 2.29. The summed E-state index contributed by atoms with van der Waals surface area (Å²) in [5.41, 5.74) is -0.530. The van der Waals surface area contributed by atoms with Gasteiger partial charge in [0.2, 0.25) is 5.91 Å². The van der Waals surface area contributed by atoms with Crippen LogP contribution in [0.4, 0.5) is 10.1 Å². The summed E-state index contributed by atoms with van der Waals surface area (Å²) in [5, 5.41) is 9.40. The summed E-state index contributed by atoms with van der Waals surface area (Å²) < 4.78 is 39.9. The molecule has 26 heavy (non-hydrogen) atoms. The van der Waals surface area contributed by atoms with Crippen LogP contribution in [-0.4, -0.2) is 35.9 Å². The lowest BCUT2D eigenvalue weighted by Gasteiger charge is -2.28. The lowest BCUT2D eigenvalue weighted by Crippen LogP contribution is -2.44. The Bertz CT molecular complexity index is 785. The molecule has 0 bridgehead atoms. The highest BCUT2D eigenvalue weighted by atomic mass is 32.2. The quantitative estimate of drug-likeness (QED) is 0.783. The van der Waals surface area contributed by atoms with Gasteiger partial charge < -0.3 is 10.4 Å². The van der Waals surface area contributed by atoms with Crippen LogP contribution in [0.1, 0.15) is 56.3 Å². The molecule has 0 aliphatic heterocycles. The van der Waals surface area contributed by atoms with Gasteiger partial charge in [-0.3, -0.25) is 4.79 Å². The molecule has 144 valence electrons. The topological polar surface area (TPSA) is 101 Å². The van der Waals surface area contributed by atoms with E-state index in [2.05, 4.69) is 5.32 Å². The maximum Gasteiger partial charge on any atom is 0.335 e. The monoisotopic (exact) mass is 385 g/mol. The van der Waals surface area contributed by atoms with Gasteiger partial charge in [-0.05, 0) is 37.0 Å². The van der Waals surface area contributed by atoms with Gasteiger partial charge in [0.15, 0.2) is 9.84 Å². The van der Waals surface area contributed by atoms with Gasteiger partial charge in [0, 0.05) is 0 Å². The number of carbonyl (C=O) groups excluding carboxylic acids is 1. The van der Waals surface area contributed by atoms with Crippen molar-refractivity contribution in [1.82, 2.24) is 0 Å². The van der Waals surface area contributed by atoms with Crippen molar-refractivity contribution in [3.63, 3.8) is 0 Å². The van der Waals surface area contributed by atoms with Gasteiger partial charge in [-0.15, -0.1) is 0 Å². The number of anilines is 1. The summed E-state index contributed by atoms with van der Waals surface area (Å²) in [6.07, 6.45) is 3.67. The van der Waals surface area contributed by atoms with Crippen LogP contribution in [-0.2, 0) is 14.6 Å². The largest absolute Gasteiger partial charge is 0.478 e. The van der Waals surface area contributed by atoms with Gasteiger partial charge in [0.05, 0.1) is 16.5 Å². The van der Waals surface area contributed by atoms with E-state index in [0.29, 0.717) is 12.8 Å². The van der Waals surface area contributed by atoms with E-state index in [-0.39, 0.29) is 11.3 Å². The number of amides is 1. The Hall–Kier alpha value is -1.96. The van der Waals surface area contributed by atoms with Crippen molar-refractivity contribution in [3.8, 4) is 0 Å². The number of carboxylic acid groups (broad SMARTS) is 1. The first-order chi connectivity index (χ1) is 12.1. The number of carboxylic acids is 1. The Morgan fingerprint density at radius 1 is 1.19 bits per heavy atom. The molecule has 1 aromatic rings. The van der Waals surface area contributed by atoms with E-state index in [9.17, 15) is 22.4 Å². The molecule has 1 aromatic carbocycles. The van der Waals surface area contributed by atoms with Crippen LogP contribution in [0.5, 0.6) is 0 Å². The highest BCUT2D eigenvalue weighted by molar-refractivity contribution is 7.93. The number of hydrogen-bond donors (Lipinski definition) is 2. The molecule has 1 saturated carbocycles. The predicted octanol–water partition coefficient (Wildman–Crippen LogP) is 3.23. The normalized spacial score (nSPS) is 17.1. The van der Waals surface area contributed by atoms with Crippen molar-refractivity contribution in [2.75, 3.05) is 5.32 Å². The number of nitrogens with one attached hydrogen (secondary N) is 1. The third kappa shape index (κ3) is 4.41. The van der Waals surface area contributed by atoms with E-state index in [4.69, 9.17) is 5.11 Å². The van der Waals surface area contributed by atoms with Crippen LogP contribution < -0.4 is 5.32 Å². The molecule has 1 unspecified atom stereocenters. The van der Waals surface area contributed by atoms with Crippen molar-refractivity contribution < 1.29 is 27.5 Å². The van der Waals surface area contributed by atoms with E-state index in [1.807, 2.05) is 0 Å². The molecule has 1 aliphatic carbocycles. The summed E-state index contributed by atoms with van der Waals surface area (Å²) in [7, 11) is -3.73. The Morgan fingerprint density at radius 3 is 2.35 bits per heavy atom. The molecule has 0 heterocycles. The first-order valence-corrected chi connectivity index (χ1v) is 10.3. The Kier molecular flexibility index (Phi) is 6.39.